The molecule has 0 aromatic rings. The summed E-state index contributed by atoms with van der Waals surface area (Å²) < 4.78 is 29.3. The average molecular weight is 1070 g/mol. The Labute approximate surface area is 461 Å². The molecule has 0 heterocycles. The second-order valence-corrected chi connectivity index (χ2v) is 22.0. The fourth-order valence-corrected chi connectivity index (χ4v) is 9.58. The molecule has 0 radical (unpaired) electrons. The van der Waals surface area contributed by atoms with Gasteiger partial charge in [-0.3, -0.25) is 19.2 Å². The van der Waals surface area contributed by atoms with Crippen molar-refractivity contribution in [1.82, 2.24) is 10.2 Å². The second-order valence-electron chi connectivity index (χ2n) is 22.0. The lowest BCUT2D eigenvalue weighted by Gasteiger charge is -2.31. The summed E-state index contributed by atoms with van der Waals surface area (Å²) in [6.45, 7) is 17.7. The highest BCUT2D eigenvalue weighted by Gasteiger charge is 2.34. The van der Waals surface area contributed by atoms with Crippen LogP contribution in [0.2, 0.25) is 0 Å². The molecule has 12 heteroatoms. The zero-order valence-electron chi connectivity index (χ0n) is 50.1. The molecule has 0 bridgehead atoms. The third kappa shape index (κ3) is 45.8. The van der Waals surface area contributed by atoms with E-state index in [0.29, 0.717) is 45.2 Å². The molecule has 0 spiro atoms. The normalized spacial score (nSPS) is 11.7. The lowest BCUT2D eigenvalue weighted by Crippen LogP contribution is -2.41. The monoisotopic (exact) mass is 1060 g/mol. The Kier molecular flexibility index (Phi) is 51.1. The second kappa shape index (κ2) is 53.1. The molecule has 0 atom stereocenters. The first-order valence-corrected chi connectivity index (χ1v) is 31.8. The van der Waals surface area contributed by atoms with Crippen molar-refractivity contribution in [3.8, 4) is 0 Å². The van der Waals surface area contributed by atoms with Crippen molar-refractivity contribution in [1.29, 1.82) is 0 Å². The first kappa shape index (κ1) is 72.1. The Morgan fingerprint density at radius 3 is 0.987 bits per heavy atom. The Balaban J connectivity index is 5.05. The molecule has 0 fully saturated rings. The smallest absolute Gasteiger partial charge is 0.407 e. The van der Waals surface area contributed by atoms with E-state index in [1.165, 1.54) is 128 Å². The van der Waals surface area contributed by atoms with Crippen molar-refractivity contribution in [2.75, 3.05) is 46.0 Å². The molecule has 75 heavy (non-hydrogen) atoms. The van der Waals surface area contributed by atoms with Crippen LogP contribution in [0, 0.1) is 5.41 Å². The molecule has 1 N–H and O–H groups in total. The van der Waals surface area contributed by atoms with Crippen LogP contribution in [-0.4, -0.2) is 93.1 Å². The van der Waals surface area contributed by atoms with Crippen LogP contribution in [0.25, 0.3) is 0 Å². The van der Waals surface area contributed by atoms with Gasteiger partial charge in [-0.15, -0.1) is 0 Å². The average Bonchev–Trinajstić information content (AvgIpc) is 3.40. The third-order valence-corrected chi connectivity index (χ3v) is 15.1. The number of hydrogen-bond acceptors (Lipinski definition) is 11. The molecular formula is C63H120N2O10. The standard InChI is InChI=1S/C63H120N2O10/c1-8-15-19-23-27-35-43-56(44-36-28-24-20-16-9-2)74-60(68)49-41-33-31-39-47-58(66)71-53-63(12-5,55-73-62(70)64-51-52-65(13-6)14-7)54-72-59(67)48-40-32-34-42-50-61(69)75-57(45-37-29-25-21-17-10-3)46-38-30-26-22-18-11-4/h56-57H,8-55H2,1-7H3,(H,64,70). The number of ether oxygens (including phenoxy) is 5. The number of carbonyl (C=O) groups excluding carboxylic acids is 5. The van der Waals surface area contributed by atoms with Gasteiger partial charge in [0.15, 0.2) is 0 Å². The minimum atomic E-state index is -0.911. The first-order chi connectivity index (χ1) is 36.5. The van der Waals surface area contributed by atoms with E-state index < -0.39 is 11.5 Å². The van der Waals surface area contributed by atoms with Gasteiger partial charge in [-0.1, -0.05) is 203 Å². The van der Waals surface area contributed by atoms with Crippen LogP contribution < -0.4 is 5.32 Å². The highest BCUT2D eigenvalue weighted by molar-refractivity contribution is 5.71. The molecule has 0 saturated carbocycles. The number of esters is 4. The molecule has 0 aliphatic rings. The van der Waals surface area contributed by atoms with Crippen LogP contribution in [0.15, 0.2) is 0 Å². The van der Waals surface area contributed by atoms with Gasteiger partial charge >= 0.3 is 30.0 Å². The van der Waals surface area contributed by atoms with E-state index in [4.69, 9.17) is 23.7 Å². The highest BCUT2D eigenvalue weighted by atomic mass is 16.6. The van der Waals surface area contributed by atoms with E-state index in [2.05, 4.69) is 51.8 Å². The zero-order valence-corrected chi connectivity index (χ0v) is 50.1. The fourth-order valence-electron chi connectivity index (χ4n) is 9.58. The van der Waals surface area contributed by atoms with Crippen LogP contribution >= 0.6 is 0 Å². The largest absolute Gasteiger partial charge is 0.465 e. The fraction of sp³-hybridized carbons (Fsp3) is 0.921. The molecule has 0 aliphatic heterocycles. The van der Waals surface area contributed by atoms with Crippen LogP contribution in [0.5, 0.6) is 0 Å². The van der Waals surface area contributed by atoms with E-state index in [-0.39, 0.29) is 68.7 Å². The topological polar surface area (TPSA) is 147 Å². The predicted octanol–water partition coefficient (Wildman–Crippen LogP) is 17.0. The summed E-state index contributed by atoms with van der Waals surface area (Å²) >= 11 is 0. The van der Waals surface area contributed by atoms with E-state index in [9.17, 15) is 24.0 Å². The third-order valence-electron chi connectivity index (χ3n) is 15.1. The van der Waals surface area contributed by atoms with E-state index in [0.717, 1.165) is 103 Å². The van der Waals surface area contributed by atoms with Gasteiger partial charge in [0.1, 0.15) is 32.0 Å². The molecular weight excluding hydrogens is 945 g/mol. The lowest BCUT2D eigenvalue weighted by atomic mass is 9.88. The van der Waals surface area contributed by atoms with Crippen LogP contribution in [0.4, 0.5) is 4.79 Å². The lowest BCUT2D eigenvalue weighted by molar-refractivity contribution is -0.157. The Morgan fingerprint density at radius 1 is 0.373 bits per heavy atom. The summed E-state index contributed by atoms with van der Waals surface area (Å²) in [7, 11) is 0. The van der Waals surface area contributed by atoms with Crippen molar-refractivity contribution in [2.45, 2.75) is 324 Å². The molecule has 0 rings (SSSR count). The summed E-state index contributed by atoms with van der Waals surface area (Å²) in [5.74, 6) is -0.931. The van der Waals surface area contributed by atoms with Gasteiger partial charge in [-0.2, -0.15) is 0 Å². The van der Waals surface area contributed by atoms with Crippen LogP contribution in [-0.2, 0) is 42.9 Å². The maximum atomic E-state index is 13.1. The number of amides is 1. The Morgan fingerprint density at radius 2 is 0.667 bits per heavy atom. The predicted molar refractivity (Wildman–Crippen MR) is 309 cm³/mol. The molecule has 12 nitrogen and oxygen atoms in total. The Hall–Kier alpha value is -2.89. The maximum Gasteiger partial charge on any atom is 0.407 e. The molecule has 0 aromatic carbocycles. The summed E-state index contributed by atoms with van der Waals surface area (Å²) in [5.41, 5.74) is -0.911. The minimum Gasteiger partial charge on any atom is -0.465 e. The van der Waals surface area contributed by atoms with Gasteiger partial charge in [0, 0.05) is 38.8 Å². The van der Waals surface area contributed by atoms with Gasteiger partial charge in [0.25, 0.3) is 0 Å². The van der Waals surface area contributed by atoms with Gasteiger partial charge in [-0.05, 0) is 96.6 Å². The minimum absolute atomic E-state index is 0.0119. The van der Waals surface area contributed by atoms with Crippen molar-refractivity contribution >= 4 is 30.0 Å². The summed E-state index contributed by atoms with van der Waals surface area (Å²) in [4.78, 5) is 66.9. The van der Waals surface area contributed by atoms with Gasteiger partial charge in [0.2, 0.25) is 0 Å². The number of nitrogens with zero attached hydrogens (tertiary/aromatic N) is 1. The van der Waals surface area contributed by atoms with E-state index >= 15 is 0 Å². The van der Waals surface area contributed by atoms with Crippen LogP contribution in [0.3, 0.4) is 0 Å². The van der Waals surface area contributed by atoms with Crippen molar-refractivity contribution < 1.29 is 47.7 Å². The van der Waals surface area contributed by atoms with Gasteiger partial charge in [-0.25, -0.2) is 4.79 Å². The summed E-state index contributed by atoms with van der Waals surface area (Å²) in [5, 5.41) is 2.82. The molecule has 442 valence electrons. The number of likely N-dealkylation sites (N-methyl/N-ethyl adjacent to an activating group) is 1. The summed E-state index contributed by atoms with van der Waals surface area (Å²) in [6.07, 6.45) is 40.4. The van der Waals surface area contributed by atoms with Crippen molar-refractivity contribution in [2.24, 2.45) is 5.41 Å². The van der Waals surface area contributed by atoms with Gasteiger partial charge in [0.05, 0.1) is 5.41 Å². The number of rotatable bonds is 56. The SMILES string of the molecule is CCCCCCCCC(CCCCCCCC)OC(=O)CCCCCCC(=O)OCC(CC)(COC(=O)CCCCCCC(=O)OC(CCCCCCCC)CCCCCCCC)COC(=O)NCCN(CC)CC. The molecule has 0 unspecified atom stereocenters. The quantitative estimate of drug-likeness (QED) is 0.0353. The Bertz CT molecular complexity index is 1230. The zero-order chi connectivity index (χ0) is 55.3. The number of nitrogens with one attached hydrogen (secondary N) is 1. The first-order valence-electron chi connectivity index (χ1n) is 31.8. The highest BCUT2D eigenvalue weighted by Crippen LogP contribution is 2.26. The van der Waals surface area contributed by atoms with Crippen molar-refractivity contribution in [3.63, 3.8) is 0 Å². The number of hydrogen-bond donors (Lipinski definition) is 1. The van der Waals surface area contributed by atoms with E-state index in [1.54, 1.807) is 0 Å². The van der Waals surface area contributed by atoms with E-state index in [1.807, 2.05) is 6.92 Å². The molecule has 0 saturated heterocycles. The summed E-state index contributed by atoms with van der Waals surface area (Å²) in [6, 6.07) is 0. The molecule has 0 aromatic heterocycles. The van der Waals surface area contributed by atoms with Gasteiger partial charge < -0.3 is 33.9 Å². The van der Waals surface area contributed by atoms with Crippen molar-refractivity contribution in [3.05, 3.63) is 0 Å². The molecule has 0 aliphatic carbocycles. The number of carbonyl (C=O) groups is 5. The number of unbranched alkanes of at least 4 members (excludes halogenated alkanes) is 26. The number of alkyl carbamates (subject to hydrolysis) is 1. The molecule has 1 amide bonds. The maximum absolute atomic E-state index is 13.1. The van der Waals surface area contributed by atoms with Crippen LogP contribution in [0.1, 0.15) is 312 Å².